The lowest BCUT2D eigenvalue weighted by atomic mass is 9.97. The predicted molar refractivity (Wildman–Crippen MR) is 147 cm³/mol. The van der Waals surface area contributed by atoms with Crippen LogP contribution in [0.25, 0.3) is 0 Å². The number of hydrogen-bond donors (Lipinski definition) is 0. The minimum Gasteiger partial charge on any atom is -0.493 e. The highest BCUT2D eigenvalue weighted by atomic mass is 35.5. The highest BCUT2D eigenvalue weighted by Crippen LogP contribution is 2.34. The second kappa shape index (κ2) is 14.6. The van der Waals surface area contributed by atoms with E-state index in [2.05, 4.69) is 21.9 Å². The van der Waals surface area contributed by atoms with Crippen molar-refractivity contribution in [1.82, 2.24) is 9.80 Å². The highest BCUT2D eigenvalue weighted by molar-refractivity contribution is 5.85. The van der Waals surface area contributed by atoms with E-state index in [-0.39, 0.29) is 24.8 Å². The highest BCUT2D eigenvalue weighted by Gasteiger charge is 2.26. The molecule has 7 nitrogen and oxygen atoms in total. The SMILES string of the molecule is COc1ccc(OCCCN2CCC(CN3CCc4cc(OC)c(OC)cc4C3)C2)cc1OC.Cl.Cl. The van der Waals surface area contributed by atoms with Crippen LogP contribution in [0.15, 0.2) is 30.3 Å². The number of halogens is 2. The minimum absolute atomic E-state index is 0. The van der Waals surface area contributed by atoms with Crippen LogP contribution in [0.4, 0.5) is 0 Å². The Morgan fingerprint density at radius 1 is 0.778 bits per heavy atom. The molecule has 0 amide bonds. The van der Waals surface area contributed by atoms with E-state index in [0.717, 1.165) is 62.2 Å². The standard InChI is InChI=1S/C27H38N2O5.2ClH/c1-30-24-7-6-23(16-27(24)33-4)34-13-5-10-28-11-8-20(17-28)18-29-12-9-21-14-25(31-2)26(32-3)15-22(21)19-29;;/h6-7,14-16,20H,5,8-13,17-19H2,1-4H3;2*1H. The first kappa shape index (κ1) is 30.2. The van der Waals surface area contributed by atoms with Gasteiger partial charge in [0.2, 0.25) is 0 Å². The second-order valence-electron chi connectivity index (χ2n) is 9.14. The monoisotopic (exact) mass is 542 g/mol. The Labute approximate surface area is 227 Å². The summed E-state index contributed by atoms with van der Waals surface area (Å²) in [6, 6.07) is 9.99. The summed E-state index contributed by atoms with van der Waals surface area (Å²) >= 11 is 0. The molecular weight excluding hydrogens is 503 g/mol. The predicted octanol–water partition coefficient (Wildman–Crippen LogP) is 4.71. The molecule has 36 heavy (non-hydrogen) atoms. The number of rotatable bonds is 11. The molecule has 9 heteroatoms. The van der Waals surface area contributed by atoms with Crippen LogP contribution in [-0.4, -0.2) is 77.6 Å². The zero-order valence-corrected chi connectivity index (χ0v) is 23.4. The molecule has 2 heterocycles. The Balaban J connectivity index is 0.00000228. The molecule has 2 aliphatic rings. The molecule has 202 valence electrons. The Bertz CT molecular complexity index is 962. The Kier molecular flexibility index (Phi) is 12.3. The number of methoxy groups -OCH3 is 4. The quantitative estimate of drug-likeness (QED) is 0.381. The van der Waals surface area contributed by atoms with Crippen LogP contribution in [0.5, 0.6) is 28.7 Å². The normalized spacial score (nSPS) is 17.4. The molecule has 1 saturated heterocycles. The van der Waals surface area contributed by atoms with E-state index in [0.29, 0.717) is 18.1 Å². The summed E-state index contributed by atoms with van der Waals surface area (Å²) in [5, 5.41) is 0. The maximum atomic E-state index is 5.94. The van der Waals surface area contributed by atoms with Crippen molar-refractivity contribution in [3.8, 4) is 28.7 Å². The van der Waals surface area contributed by atoms with Crippen LogP contribution < -0.4 is 23.7 Å². The van der Waals surface area contributed by atoms with Gasteiger partial charge in [0.1, 0.15) is 5.75 Å². The maximum Gasteiger partial charge on any atom is 0.164 e. The van der Waals surface area contributed by atoms with Crippen molar-refractivity contribution >= 4 is 24.8 Å². The molecule has 0 N–H and O–H groups in total. The first-order valence-electron chi connectivity index (χ1n) is 12.2. The zero-order chi connectivity index (χ0) is 23.9. The van der Waals surface area contributed by atoms with Gasteiger partial charge in [0.25, 0.3) is 0 Å². The fourth-order valence-electron chi connectivity index (χ4n) is 5.11. The van der Waals surface area contributed by atoms with Gasteiger partial charge in [-0.1, -0.05) is 0 Å². The van der Waals surface area contributed by atoms with Gasteiger partial charge in [0, 0.05) is 38.8 Å². The smallest absolute Gasteiger partial charge is 0.164 e. The van der Waals surface area contributed by atoms with Crippen molar-refractivity contribution in [2.24, 2.45) is 5.92 Å². The molecule has 0 saturated carbocycles. The van der Waals surface area contributed by atoms with E-state index < -0.39 is 0 Å². The average Bonchev–Trinajstić information content (AvgIpc) is 3.32. The molecule has 1 atom stereocenters. The van der Waals surface area contributed by atoms with Gasteiger partial charge >= 0.3 is 0 Å². The van der Waals surface area contributed by atoms with Gasteiger partial charge in [-0.2, -0.15) is 0 Å². The lowest BCUT2D eigenvalue weighted by Gasteiger charge is -2.31. The van der Waals surface area contributed by atoms with Gasteiger partial charge < -0.3 is 28.6 Å². The molecule has 2 aromatic rings. The van der Waals surface area contributed by atoms with E-state index in [9.17, 15) is 0 Å². The number of fused-ring (bicyclic) bond motifs is 1. The lowest BCUT2D eigenvalue weighted by molar-refractivity contribution is 0.206. The molecule has 1 unspecified atom stereocenters. The average molecular weight is 544 g/mol. The van der Waals surface area contributed by atoms with Gasteiger partial charge in [-0.05, 0) is 67.1 Å². The largest absolute Gasteiger partial charge is 0.493 e. The molecule has 2 aromatic carbocycles. The number of benzene rings is 2. The van der Waals surface area contributed by atoms with Crippen LogP contribution >= 0.6 is 24.8 Å². The third-order valence-electron chi connectivity index (χ3n) is 6.93. The number of nitrogens with zero attached hydrogens (tertiary/aromatic N) is 2. The van der Waals surface area contributed by atoms with E-state index in [1.165, 1.54) is 30.6 Å². The van der Waals surface area contributed by atoms with Crippen LogP contribution in [0.2, 0.25) is 0 Å². The van der Waals surface area contributed by atoms with Gasteiger partial charge in [-0.25, -0.2) is 0 Å². The number of ether oxygens (including phenoxy) is 5. The van der Waals surface area contributed by atoms with Crippen molar-refractivity contribution in [3.05, 3.63) is 41.5 Å². The molecule has 0 aliphatic carbocycles. The first-order chi connectivity index (χ1) is 16.6. The summed E-state index contributed by atoms with van der Waals surface area (Å²) in [5.74, 6) is 4.61. The maximum absolute atomic E-state index is 5.94. The second-order valence-corrected chi connectivity index (χ2v) is 9.14. The third-order valence-corrected chi connectivity index (χ3v) is 6.93. The van der Waals surface area contributed by atoms with E-state index in [4.69, 9.17) is 23.7 Å². The number of hydrogen-bond acceptors (Lipinski definition) is 7. The summed E-state index contributed by atoms with van der Waals surface area (Å²) in [6.07, 6.45) is 3.35. The number of likely N-dealkylation sites (tertiary alicyclic amines) is 1. The topological polar surface area (TPSA) is 52.6 Å². The van der Waals surface area contributed by atoms with Crippen molar-refractivity contribution < 1.29 is 23.7 Å². The van der Waals surface area contributed by atoms with Crippen molar-refractivity contribution in [2.75, 3.05) is 67.8 Å². The lowest BCUT2D eigenvalue weighted by Crippen LogP contribution is -2.35. The van der Waals surface area contributed by atoms with Gasteiger partial charge in [-0.3, -0.25) is 4.90 Å². The van der Waals surface area contributed by atoms with E-state index in [1.54, 1.807) is 28.4 Å². The minimum atomic E-state index is 0. The van der Waals surface area contributed by atoms with Crippen LogP contribution in [0.3, 0.4) is 0 Å². The Morgan fingerprint density at radius 2 is 1.44 bits per heavy atom. The molecule has 4 rings (SSSR count). The van der Waals surface area contributed by atoms with Gasteiger partial charge in [0.15, 0.2) is 23.0 Å². The summed E-state index contributed by atoms with van der Waals surface area (Å²) in [4.78, 5) is 5.18. The molecular formula is C27H40Cl2N2O5. The third kappa shape index (κ3) is 7.48. The van der Waals surface area contributed by atoms with Gasteiger partial charge in [0.05, 0.1) is 35.0 Å². The van der Waals surface area contributed by atoms with Gasteiger partial charge in [-0.15, -0.1) is 24.8 Å². The molecule has 0 radical (unpaired) electrons. The molecule has 0 spiro atoms. The van der Waals surface area contributed by atoms with Crippen LogP contribution in [-0.2, 0) is 13.0 Å². The zero-order valence-electron chi connectivity index (χ0n) is 21.8. The summed E-state index contributed by atoms with van der Waals surface area (Å²) in [5.41, 5.74) is 2.75. The Morgan fingerprint density at radius 3 is 2.14 bits per heavy atom. The molecule has 1 fully saturated rings. The van der Waals surface area contributed by atoms with E-state index >= 15 is 0 Å². The molecule has 0 aromatic heterocycles. The van der Waals surface area contributed by atoms with Crippen molar-refractivity contribution in [3.63, 3.8) is 0 Å². The fraction of sp³-hybridized carbons (Fsp3) is 0.556. The van der Waals surface area contributed by atoms with Crippen LogP contribution in [0.1, 0.15) is 24.0 Å². The summed E-state index contributed by atoms with van der Waals surface area (Å²) < 4.78 is 27.6. The molecule has 2 aliphatic heterocycles. The first-order valence-corrected chi connectivity index (χ1v) is 12.2. The van der Waals surface area contributed by atoms with Crippen LogP contribution in [0, 0.1) is 5.92 Å². The molecule has 0 bridgehead atoms. The van der Waals surface area contributed by atoms with Crippen molar-refractivity contribution in [1.29, 1.82) is 0 Å². The summed E-state index contributed by atoms with van der Waals surface area (Å²) in [6.45, 7) is 7.38. The summed E-state index contributed by atoms with van der Waals surface area (Å²) in [7, 11) is 6.69. The fourth-order valence-corrected chi connectivity index (χ4v) is 5.11. The Hall–Kier alpha value is -2.06. The van der Waals surface area contributed by atoms with E-state index in [1.807, 2.05) is 18.2 Å². The van der Waals surface area contributed by atoms with Crippen molar-refractivity contribution in [2.45, 2.75) is 25.8 Å².